The topological polar surface area (TPSA) is 32.3 Å². The predicted octanol–water partition coefficient (Wildman–Crippen LogP) is 2.56. The third-order valence-electron chi connectivity index (χ3n) is 2.93. The molecule has 1 atom stereocenters. The molecule has 0 aliphatic carbocycles. The Kier molecular flexibility index (Phi) is 7.20. The summed E-state index contributed by atoms with van der Waals surface area (Å²) in [5.41, 5.74) is -0.565. The first-order valence-corrected chi connectivity index (χ1v) is 5.93. The molecule has 0 aromatic rings. The van der Waals surface area contributed by atoms with Crippen molar-refractivity contribution in [1.82, 2.24) is 5.32 Å². The van der Waals surface area contributed by atoms with E-state index in [4.69, 9.17) is 0 Å². The van der Waals surface area contributed by atoms with Gasteiger partial charge in [-0.2, -0.15) is 0 Å². The second kappa shape index (κ2) is 7.24. The quantitative estimate of drug-likeness (QED) is 0.592. The highest BCUT2D eigenvalue weighted by Gasteiger charge is 2.23. The first kappa shape index (κ1) is 13.9. The first-order valence-electron chi connectivity index (χ1n) is 5.93. The minimum Gasteiger partial charge on any atom is -0.389 e. The van der Waals surface area contributed by atoms with Crippen LogP contribution in [0.2, 0.25) is 0 Å². The van der Waals surface area contributed by atoms with Crippen molar-refractivity contribution in [3.05, 3.63) is 0 Å². The average molecular weight is 201 g/mol. The Morgan fingerprint density at radius 2 is 1.86 bits per heavy atom. The predicted molar refractivity (Wildman–Crippen MR) is 62.5 cm³/mol. The van der Waals surface area contributed by atoms with Crippen LogP contribution in [-0.2, 0) is 0 Å². The number of aliphatic hydroxyl groups is 1. The van der Waals surface area contributed by atoms with Crippen LogP contribution >= 0.6 is 0 Å². The first-order chi connectivity index (χ1) is 6.50. The zero-order valence-corrected chi connectivity index (χ0v) is 10.3. The summed E-state index contributed by atoms with van der Waals surface area (Å²) in [5.74, 6) is 0.311. The van der Waals surface area contributed by atoms with E-state index in [1.165, 1.54) is 25.7 Å². The van der Waals surface area contributed by atoms with Crippen molar-refractivity contribution in [2.75, 3.05) is 13.1 Å². The van der Waals surface area contributed by atoms with E-state index in [2.05, 4.69) is 26.1 Å². The average Bonchev–Trinajstić information content (AvgIpc) is 2.10. The Morgan fingerprint density at radius 3 is 2.36 bits per heavy atom. The van der Waals surface area contributed by atoms with Crippen LogP contribution in [0.25, 0.3) is 0 Å². The second-order valence-corrected chi connectivity index (χ2v) is 4.75. The van der Waals surface area contributed by atoms with Crippen molar-refractivity contribution in [1.29, 1.82) is 0 Å². The zero-order valence-electron chi connectivity index (χ0n) is 10.3. The molecule has 0 aromatic heterocycles. The summed E-state index contributed by atoms with van der Waals surface area (Å²) < 4.78 is 0. The van der Waals surface area contributed by atoms with Crippen LogP contribution in [-0.4, -0.2) is 23.8 Å². The molecule has 2 N–H and O–H groups in total. The fourth-order valence-electron chi connectivity index (χ4n) is 1.22. The van der Waals surface area contributed by atoms with Gasteiger partial charge in [0.2, 0.25) is 0 Å². The molecular weight excluding hydrogens is 174 g/mol. The molecule has 0 saturated heterocycles. The minimum atomic E-state index is -0.565. The van der Waals surface area contributed by atoms with E-state index in [-0.39, 0.29) is 0 Å². The van der Waals surface area contributed by atoms with Crippen LogP contribution in [0.3, 0.4) is 0 Å². The molecule has 0 spiro atoms. The third kappa shape index (κ3) is 6.39. The fourth-order valence-corrected chi connectivity index (χ4v) is 1.22. The van der Waals surface area contributed by atoms with Crippen molar-refractivity contribution < 1.29 is 5.11 Å². The van der Waals surface area contributed by atoms with Gasteiger partial charge >= 0.3 is 0 Å². The van der Waals surface area contributed by atoms with E-state index in [9.17, 15) is 5.11 Å². The summed E-state index contributed by atoms with van der Waals surface area (Å²) in [4.78, 5) is 0. The lowest BCUT2D eigenvalue weighted by Gasteiger charge is -2.27. The standard InChI is InChI=1S/C12H27NO/c1-5-6-7-8-9-13-10-12(4,14)11(2)3/h11,13-14H,5-10H2,1-4H3. The molecule has 0 rings (SSSR count). The number of rotatable bonds is 8. The summed E-state index contributed by atoms with van der Waals surface area (Å²) in [6.07, 6.45) is 5.13. The van der Waals surface area contributed by atoms with Crippen LogP contribution in [0.1, 0.15) is 53.4 Å². The van der Waals surface area contributed by atoms with Crippen LogP contribution < -0.4 is 5.32 Å². The Hall–Kier alpha value is -0.0800. The summed E-state index contributed by atoms with van der Waals surface area (Å²) in [6.45, 7) is 9.96. The van der Waals surface area contributed by atoms with Gasteiger partial charge in [0.1, 0.15) is 0 Å². The van der Waals surface area contributed by atoms with E-state index < -0.39 is 5.60 Å². The Balaban J connectivity index is 3.35. The molecular formula is C12H27NO. The molecule has 0 radical (unpaired) electrons. The Morgan fingerprint density at radius 1 is 1.21 bits per heavy atom. The van der Waals surface area contributed by atoms with E-state index in [1.807, 2.05) is 6.92 Å². The van der Waals surface area contributed by atoms with E-state index >= 15 is 0 Å². The van der Waals surface area contributed by atoms with Gasteiger partial charge in [0, 0.05) is 6.54 Å². The largest absolute Gasteiger partial charge is 0.389 e. The second-order valence-electron chi connectivity index (χ2n) is 4.75. The summed E-state index contributed by atoms with van der Waals surface area (Å²) >= 11 is 0. The van der Waals surface area contributed by atoms with Crippen molar-refractivity contribution >= 4 is 0 Å². The molecule has 86 valence electrons. The monoisotopic (exact) mass is 201 g/mol. The maximum absolute atomic E-state index is 9.93. The highest BCUT2D eigenvalue weighted by molar-refractivity contribution is 4.78. The van der Waals surface area contributed by atoms with Gasteiger partial charge in [-0.25, -0.2) is 0 Å². The number of hydrogen-bond acceptors (Lipinski definition) is 2. The van der Waals surface area contributed by atoms with Gasteiger partial charge in [-0.05, 0) is 25.8 Å². The van der Waals surface area contributed by atoms with Crippen molar-refractivity contribution in [3.8, 4) is 0 Å². The van der Waals surface area contributed by atoms with Crippen LogP contribution in [0.4, 0.5) is 0 Å². The molecule has 14 heavy (non-hydrogen) atoms. The van der Waals surface area contributed by atoms with Crippen LogP contribution in [0, 0.1) is 5.92 Å². The highest BCUT2D eigenvalue weighted by Crippen LogP contribution is 2.14. The van der Waals surface area contributed by atoms with Gasteiger partial charge in [0.25, 0.3) is 0 Å². The molecule has 0 heterocycles. The molecule has 2 nitrogen and oxygen atoms in total. The smallest absolute Gasteiger partial charge is 0.0766 e. The normalized spacial score (nSPS) is 15.9. The van der Waals surface area contributed by atoms with Gasteiger partial charge < -0.3 is 10.4 Å². The van der Waals surface area contributed by atoms with Crippen LogP contribution in [0.15, 0.2) is 0 Å². The molecule has 0 saturated carbocycles. The SMILES string of the molecule is CCCCCCNCC(C)(O)C(C)C. The highest BCUT2D eigenvalue weighted by atomic mass is 16.3. The molecule has 1 unspecified atom stereocenters. The molecule has 0 aliphatic heterocycles. The number of nitrogens with one attached hydrogen (secondary N) is 1. The maximum atomic E-state index is 9.93. The van der Waals surface area contributed by atoms with Crippen molar-refractivity contribution in [3.63, 3.8) is 0 Å². The fraction of sp³-hybridized carbons (Fsp3) is 1.00. The Labute approximate surface area is 89.1 Å². The zero-order chi connectivity index (χ0) is 11.0. The van der Waals surface area contributed by atoms with Gasteiger partial charge in [0.05, 0.1) is 5.60 Å². The van der Waals surface area contributed by atoms with E-state index in [0.29, 0.717) is 12.5 Å². The maximum Gasteiger partial charge on any atom is 0.0766 e. The molecule has 0 aliphatic rings. The lowest BCUT2D eigenvalue weighted by atomic mass is 9.92. The number of unbranched alkanes of at least 4 members (excludes halogenated alkanes) is 3. The molecule has 0 amide bonds. The summed E-state index contributed by atoms with van der Waals surface area (Å²) in [6, 6.07) is 0. The van der Waals surface area contributed by atoms with E-state index in [1.54, 1.807) is 0 Å². The number of hydrogen-bond donors (Lipinski definition) is 2. The molecule has 0 bridgehead atoms. The van der Waals surface area contributed by atoms with E-state index in [0.717, 1.165) is 6.54 Å². The van der Waals surface area contributed by atoms with Crippen molar-refractivity contribution in [2.24, 2.45) is 5.92 Å². The molecule has 0 fully saturated rings. The third-order valence-corrected chi connectivity index (χ3v) is 2.93. The summed E-state index contributed by atoms with van der Waals surface area (Å²) in [5, 5.41) is 13.2. The van der Waals surface area contributed by atoms with Gasteiger partial charge in [-0.15, -0.1) is 0 Å². The Bertz CT molecular complexity index is 132. The minimum absolute atomic E-state index is 0.311. The molecule has 0 aromatic carbocycles. The lowest BCUT2D eigenvalue weighted by Crippen LogP contribution is -2.42. The van der Waals surface area contributed by atoms with Crippen molar-refractivity contribution in [2.45, 2.75) is 59.0 Å². The van der Waals surface area contributed by atoms with Gasteiger partial charge in [-0.3, -0.25) is 0 Å². The van der Waals surface area contributed by atoms with Gasteiger partial charge in [-0.1, -0.05) is 40.0 Å². The van der Waals surface area contributed by atoms with Crippen LogP contribution in [0.5, 0.6) is 0 Å². The summed E-state index contributed by atoms with van der Waals surface area (Å²) in [7, 11) is 0. The van der Waals surface area contributed by atoms with Gasteiger partial charge in [0.15, 0.2) is 0 Å². The lowest BCUT2D eigenvalue weighted by molar-refractivity contribution is 0.0143. The molecule has 2 heteroatoms.